The summed E-state index contributed by atoms with van der Waals surface area (Å²) in [5.41, 5.74) is 0.865. The number of fused-ring (bicyclic) bond motifs is 1. The normalized spacial score (nSPS) is 14.0. The minimum atomic E-state index is -0.349. The standard InChI is InChI=1S/C17H20N4O4/c1-10-8-11(22)9-14(25-10)16(24)21-6-4-12-13(5-7-21)18-17(20(2)3)19-15(12)23/h8-9H,4-7H2,1-3H3,(H,18,19,23). The van der Waals surface area contributed by atoms with Crippen molar-refractivity contribution in [2.24, 2.45) is 0 Å². The Morgan fingerprint density at radius 3 is 2.64 bits per heavy atom. The van der Waals surface area contributed by atoms with Crippen LogP contribution in [0.15, 0.2) is 26.1 Å². The van der Waals surface area contributed by atoms with E-state index in [0.29, 0.717) is 48.9 Å². The molecule has 0 radical (unpaired) electrons. The van der Waals surface area contributed by atoms with Crippen molar-refractivity contribution in [3.8, 4) is 0 Å². The maximum Gasteiger partial charge on any atom is 0.289 e. The smallest absolute Gasteiger partial charge is 0.289 e. The Morgan fingerprint density at radius 1 is 1.24 bits per heavy atom. The first kappa shape index (κ1) is 16.9. The number of anilines is 1. The molecule has 0 saturated carbocycles. The summed E-state index contributed by atoms with van der Waals surface area (Å²) in [6.45, 7) is 2.41. The highest BCUT2D eigenvalue weighted by molar-refractivity contribution is 5.91. The van der Waals surface area contributed by atoms with Gasteiger partial charge in [-0.3, -0.25) is 19.4 Å². The van der Waals surface area contributed by atoms with Crippen molar-refractivity contribution < 1.29 is 9.21 Å². The van der Waals surface area contributed by atoms with Crippen LogP contribution in [0.1, 0.15) is 27.6 Å². The molecule has 3 heterocycles. The van der Waals surface area contributed by atoms with E-state index in [1.807, 2.05) is 0 Å². The van der Waals surface area contributed by atoms with Crippen molar-refractivity contribution >= 4 is 11.9 Å². The second-order valence-electron chi connectivity index (χ2n) is 6.27. The predicted octanol–water partition coefficient (Wildman–Crippen LogP) is 0.339. The SMILES string of the molecule is Cc1cc(=O)cc(C(=O)N2CCc3nc(N(C)C)[nH]c(=O)c3CC2)o1. The molecule has 2 aromatic heterocycles. The van der Waals surface area contributed by atoms with Gasteiger partial charge in [-0.1, -0.05) is 0 Å². The molecule has 132 valence electrons. The second kappa shape index (κ2) is 6.54. The lowest BCUT2D eigenvalue weighted by Crippen LogP contribution is -2.34. The number of hydrogen-bond donors (Lipinski definition) is 1. The van der Waals surface area contributed by atoms with Crippen molar-refractivity contribution in [2.45, 2.75) is 19.8 Å². The number of nitrogens with one attached hydrogen (secondary N) is 1. The molecule has 0 saturated heterocycles. The van der Waals surface area contributed by atoms with Crippen LogP contribution >= 0.6 is 0 Å². The first-order valence-electron chi connectivity index (χ1n) is 8.05. The molecule has 2 aromatic rings. The number of amides is 1. The van der Waals surface area contributed by atoms with Crippen LogP contribution in [-0.4, -0.2) is 48.0 Å². The van der Waals surface area contributed by atoms with Gasteiger partial charge in [-0.15, -0.1) is 0 Å². The summed E-state index contributed by atoms with van der Waals surface area (Å²) in [7, 11) is 3.61. The molecule has 8 nitrogen and oxygen atoms in total. The fourth-order valence-electron chi connectivity index (χ4n) is 2.88. The summed E-state index contributed by atoms with van der Waals surface area (Å²) >= 11 is 0. The van der Waals surface area contributed by atoms with Crippen molar-refractivity contribution in [1.82, 2.24) is 14.9 Å². The third kappa shape index (κ3) is 3.47. The van der Waals surface area contributed by atoms with Gasteiger partial charge in [0.05, 0.1) is 5.69 Å². The Kier molecular flexibility index (Phi) is 4.43. The van der Waals surface area contributed by atoms with Gasteiger partial charge in [-0.25, -0.2) is 4.98 Å². The second-order valence-corrected chi connectivity index (χ2v) is 6.27. The van der Waals surface area contributed by atoms with Gasteiger partial charge < -0.3 is 14.2 Å². The average molecular weight is 344 g/mol. The molecule has 1 aliphatic rings. The van der Waals surface area contributed by atoms with Gasteiger partial charge in [-0.05, 0) is 13.3 Å². The first-order chi connectivity index (χ1) is 11.8. The van der Waals surface area contributed by atoms with Crippen LogP contribution in [0, 0.1) is 6.92 Å². The molecule has 0 aliphatic carbocycles. The lowest BCUT2D eigenvalue weighted by Gasteiger charge is -2.19. The van der Waals surface area contributed by atoms with Crippen LogP contribution in [-0.2, 0) is 12.8 Å². The summed E-state index contributed by atoms with van der Waals surface area (Å²) in [4.78, 5) is 47.1. The molecule has 1 N–H and O–H groups in total. The number of aryl methyl sites for hydroxylation is 1. The van der Waals surface area contributed by atoms with Gasteiger partial charge >= 0.3 is 0 Å². The predicted molar refractivity (Wildman–Crippen MR) is 92.2 cm³/mol. The van der Waals surface area contributed by atoms with Gasteiger partial charge in [-0.2, -0.15) is 0 Å². The lowest BCUT2D eigenvalue weighted by molar-refractivity contribution is 0.0726. The summed E-state index contributed by atoms with van der Waals surface area (Å²) in [6.07, 6.45) is 0.884. The highest BCUT2D eigenvalue weighted by Crippen LogP contribution is 2.15. The van der Waals surface area contributed by atoms with Crippen molar-refractivity contribution in [3.05, 3.63) is 55.5 Å². The van der Waals surface area contributed by atoms with Gasteiger partial charge in [0.25, 0.3) is 11.5 Å². The van der Waals surface area contributed by atoms with Gasteiger partial charge in [0.2, 0.25) is 5.95 Å². The largest absolute Gasteiger partial charge is 0.456 e. The van der Waals surface area contributed by atoms with Crippen LogP contribution in [0.5, 0.6) is 0 Å². The molecular formula is C17H20N4O4. The number of aromatic amines is 1. The monoisotopic (exact) mass is 344 g/mol. The molecule has 0 unspecified atom stereocenters. The van der Waals surface area contributed by atoms with E-state index >= 15 is 0 Å². The zero-order valence-electron chi connectivity index (χ0n) is 14.5. The van der Waals surface area contributed by atoms with Crippen molar-refractivity contribution in [2.75, 3.05) is 32.1 Å². The summed E-state index contributed by atoms with van der Waals surface area (Å²) in [5.74, 6) is 0.556. The number of H-pyrrole nitrogens is 1. The van der Waals surface area contributed by atoms with E-state index in [-0.39, 0.29) is 22.7 Å². The summed E-state index contributed by atoms with van der Waals surface area (Å²) < 4.78 is 5.38. The van der Waals surface area contributed by atoms with E-state index in [0.717, 1.165) is 0 Å². The molecule has 3 rings (SSSR count). The Morgan fingerprint density at radius 2 is 1.96 bits per heavy atom. The fraction of sp³-hybridized carbons (Fsp3) is 0.412. The van der Waals surface area contributed by atoms with Gasteiger partial charge in [0, 0.05) is 51.3 Å². The highest BCUT2D eigenvalue weighted by Gasteiger charge is 2.24. The third-order valence-corrected chi connectivity index (χ3v) is 4.15. The molecule has 0 aromatic carbocycles. The Bertz CT molecular complexity index is 929. The molecule has 1 aliphatic heterocycles. The van der Waals surface area contributed by atoms with E-state index in [1.54, 1.807) is 30.8 Å². The zero-order valence-corrected chi connectivity index (χ0v) is 14.5. The molecule has 0 atom stereocenters. The highest BCUT2D eigenvalue weighted by atomic mass is 16.3. The Balaban J connectivity index is 1.87. The average Bonchev–Trinajstić information content (AvgIpc) is 2.76. The maximum absolute atomic E-state index is 12.6. The molecule has 25 heavy (non-hydrogen) atoms. The Labute approximate surface area is 144 Å². The lowest BCUT2D eigenvalue weighted by atomic mass is 10.1. The number of carbonyl (C=O) groups is 1. The Hall–Kier alpha value is -2.90. The third-order valence-electron chi connectivity index (χ3n) is 4.15. The van der Waals surface area contributed by atoms with E-state index in [1.165, 1.54) is 12.1 Å². The maximum atomic E-state index is 12.6. The van der Waals surface area contributed by atoms with E-state index in [4.69, 9.17) is 4.42 Å². The number of carbonyl (C=O) groups excluding carboxylic acids is 1. The summed E-state index contributed by atoms with van der Waals surface area (Å²) in [5, 5.41) is 0. The van der Waals surface area contributed by atoms with Crippen LogP contribution in [0.2, 0.25) is 0 Å². The van der Waals surface area contributed by atoms with Crippen LogP contribution in [0.25, 0.3) is 0 Å². The molecule has 0 fully saturated rings. The van der Waals surface area contributed by atoms with Crippen LogP contribution in [0.3, 0.4) is 0 Å². The quantitative estimate of drug-likeness (QED) is 0.843. The number of hydrogen-bond acceptors (Lipinski definition) is 6. The number of rotatable bonds is 2. The van der Waals surface area contributed by atoms with Gasteiger partial charge in [0.15, 0.2) is 11.2 Å². The van der Waals surface area contributed by atoms with Crippen molar-refractivity contribution in [3.63, 3.8) is 0 Å². The van der Waals surface area contributed by atoms with Gasteiger partial charge in [0.1, 0.15) is 5.76 Å². The van der Waals surface area contributed by atoms with E-state index in [9.17, 15) is 14.4 Å². The van der Waals surface area contributed by atoms with Crippen molar-refractivity contribution in [1.29, 1.82) is 0 Å². The topological polar surface area (TPSA) is 99.5 Å². The van der Waals surface area contributed by atoms with Crippen LogP contribution < -0.4 is 15.9 Å². The zero-order chi connectivity index (χ0) is 18.1. The molecule has 0 bridgehead atoms. The minimum Gasteiger partial charge on any atom is -0.456 e. The molecule has 1 amide bonds. The van der Waals surface area contributed by atoms with Crippen LogP contribution in [0.4, 0.5) is 5.95 Å². The van der Waals surface area contributed by atoms with E-state index < -0.39 is 0 Å². The molecular weight excluding hydrogens is 324 g/mol. The number of nitrogens with zero attached hydrogens (tertiary/aromatic N) is 3. The van der Waals surface area contributed by atoms with E-state index in [2.05, 4.69) is 9.97 Å². The molecule has 8 heteroatoms. The summed E-state index contributed by atoms with van der Waals surface area (Å²) in [6, 6.07) is 2.53. The fourth-order valence-corrected chi connectivity index (χ4v) is 2.88. The minimum absolute atomic E-state index is 0.0202. The number of aromatic nitrogens is 2. The first-order valence-corrected chi connectivity index (χ1v) is 8.05. The molecule has 0 spiro atoms.